The Balaban J connectivity index is 2.90. The molecule has 0 aliphatic carbocycles. The monoisotopic (exact) mass is 267 g/mol. The van der Waals surface area contributed by atoms with Crippen molar-refractivity contribution in [1.29, 1.82) is 0 Å². The van der Waals surface area contributed by atoms with Crippen molar-refractivity contribution in [3.63, 3.8) is 0 Å². The number of rotatable bonds is 6. The van der Waals surface area contributed by atoms with Crippen molar-refractivity contribution in [1.82, 2.24) is 5.32 Å². The number of aliphatic hydroxyl groups is 1. The zero-order valence-corrected chi connectivity index (χ0v) is 10.8. The highest BCUT2D eigenvalue weighted by Crippen LogP contribution is 2.19. The minimum Gasteiger partial charge on any atom is -0.490 e. The zero-order valence-electron chi connectivity index (χ0n) is 10.8. The number of carbonyl (C=O) groups excluding carboxylic acids is 1. The van der Waals surface area contributed by atoms with E-state index >= 15 is 0 Å². The molecule has 0 saturated heterocycles. The van der Waals surface area contributed by atoms with E-state index in [1.165, 1.54) is 6.07 Å². The van der Waals surface area contributed by atoms with Crippen LogP contribution in [-0.2, 0) is 4.79 Å². The highest BCUT2D eigenvalue weighted by atomic mass is 16.5. The molecule has 1 rings (SSSR count). The van der Waals surface area contributed by atoms with E-state index in [-0.39, 0.29) is 11.7 Å². The van der Waals surface area contributed by atoms with Crippen LogP contribution in [0.15, 0.2) is 24.3 Å². The van der Waals surface area contributed by atoms with Gasteiger partial charge in [-0.1, -0.05) is 12.1 Å². The van der Waals surface area contributed by atoms with E-state index < -0.39 is 24.5 Å². The van der Waals surface area contributed by atoms with Gasteiger partial charge in [-0.25, -0.2) is 4.79 Å². The topological polar surface area (TPSA) is 95.9 Å². The van der Waals surface area contributed by atoms with Gasteiger partial charge in [0.15, 0.2) is 6.04 Å². The molecule has 0 spiro atoms. The highest BCUT2D eigenvalue weighted by Gasteiger charge is 2.21. The molecular weight excluding hydrogens is 250 g/mol. The summed E-state index contributed by atoms with van der Waals surface area (Å²) in [5, 5.41) is 19.9. The van der Waals surface area contributed by atoms with E-state index in [2.05, 4.69) is 5.32 Å². The minimum absolute atomic E-state index is 0.109. The van der Waals surface area contributed by atoms with Gasteiger partial charge in [0.1, 0.15) is 5.75 Å². The van der Waals surface area contributed by atoms with Crippen molar-refractivity contribution in [2.75, 3.05) is 6.61 Å². The molecule has 6 nitrogen and oxygen atoms in total. The summed E-state index contributed by atoms with van der Waals surface area (Å²) in [7, 11) is 0. The molecule has 3 N–H and O–H groups in total. The molecule has 0 unspecified atom stereocenters. The van der Waals surface area contributed by atoms with Crippen LogP contribution >= 0.6 is 0 Å². The Morgan fingerprint density at radius 2 is 1.95 bits per heavy atom. The van der Waals surface area contributed by atoms with E-state index in [0.717, 1.165) is 0 Å². The van der Waals surface area contributed by atoms with Crippen LogP contribution in [0.2, 0.25) is 0 Å². The van der Waals surface area contributed by atoms with Crippen LogP contribution in [0.4, 0.5) is 0 Å². The summed E-state index contributed by atoms with van der Waals surface area (Å²) in [6, 6.07) is 5.19. The number of carboxylic acid groups (broad SMARTS) is 1. The summed E-state index contributed by atoms with van der Waals surface area (Å²) < 4.78 is 5.47. The third-order valence-corrected chi connectivity index (χ3v) is 2.28. The lowest BCUT2D eigenvalue weighted by Crippen LogP contribution is -2.43. The third-order valence-electron chi connectivity index (χ3n) is 2.28. The van der Waals surface area contributed by atoms with E-state index in [1.807, 2.05) is 13.8 Å². The summed E-state index contributed by atoms with van der Waals surface area (Å²) in [5.41, 5.74) is 0.232. The van der Waals surface area contributed by atoms with Crippen molar-refractivity contribution in [3.8, 4) is 5.75 Å². The first-order valence-corrected chi connectivity index (χ1v) is 5.86. The number of nitrogens with one attached hydrogen (secondary N) is 1. The average molecular weight is 267 g/mol. The van der Waals surface area contributed by atoms with Gasteiger partial charge in [-0.05, 0) is 26.0 Å². The van der Waals surface area contributed by atoms with Gasteiger partial charge in [-0.2, -0.15) is 0 Å². The first kappa shape index (κ1) is 15.0. The van der Waals surface area contributed by atoms with Gasteiger partial charge >= 0.3 is 5.97 Å². The molecule has 104 valence electrons. The molecule has 0 radical (unpaired) electrons. The Labute approximate surface area is 111 Å². The molecule has 1 atom stereocenters. The molecule has 0 heterocycles. The number of carboxylic acids is 1. The third kappa shape index (κ3) is 4.26. The van der Waals surface area contributed by atoms with Crippen molar-refractivity contribution in [3.05, 3.63) is 29.8 Å². The smallest absolute Gasteiger partial charge is 0.328 e. The van der Waals surface area contributed by atoms with Gasteiger partial charge in [0.2, 0.25) is 0 Å². The summed E-state index contributed by atoms with van der Waals surface area (Å²) in [6.07, 6.45) is -0.109. The number of ether oxygens (including phenoxy) is 1. The number of hydrogen-bond acceptors (Lipinski definition) is 4. The van der Waals surface area contributed by atoms with Gasteiger partial charge in [-0.15, -0.1) is 0 Å². The molecule has 1 aromatic rings. The second-order valence-electron chi connectivity index (χ2n) is 4.21. The molecule has 1 amide bonds. The average Bonchev–Trinajstić information content (AvgIpc) is 2.35. The SMILES string of the molecule is CC(C)Oc1ccccc1C(=O)N[C@@H](CO)C(=O)O. The maximum atomic E-state index is 12.0. The van der Waals surface area contributed by atoms with Crippen molar-refractivity contribution >= 4 is 11.9 Å². The van der Waals surface area contributed by atoms with Crippen molar-refractivity contribution < 1.29 is 24.5 Å². The summed E-state index contributed by atoms with van der Waals surface area (Å²) in [4.78, 5) is 22.7. The van der Waals surface area contributed by atoms with Crippen LogP contribution in [0.25, 0.3) is 0 Å². The molecule has 0 aromatic heterocycles. The predicted molar refractivity (Wildman–Crippen MR) is 68.2 cm³/mol. The minimum atomic E-state index is -1.33. The lowest BCUT2D eigenvalue weighted by molar-refractivity contribution is -0.140. The van der Waals surface area contributed by atoms with Crippen LogP contribution in [0, 0.1) is 0 Å². The molecule has 0 fully saturated rings. The van der Waals surface area contributed by atoms with Crippen LogP contribution in [-0.4, -0.2) is 40.8 Å². The van der Waals surface area contributed by atoms with Crippen LogP contribution in [0.5, 0.6) is 5.75 Å². The van der Waals surface area contributed by atoms with Crippen LogP contribution in [0.1, 0.15) is 24.2 Å². The second-order valence-corrected chi connectivity index (χ2v) is 4.21. The molecule has 19 heavy (non-hydrogen) atoms. The molecule has 0 aliphatic heterocycles. The first-order valence-electron chi connectivity index (χ1n) is 5.86. The van der Waals surface area contributed by atoms with E-state index in [4.69, 9.17) is 14.9 Å². The Morgan fingerprint density at radius 1 is 1.32 bits per heavy atom. The number of benzene rings is 1. The predicted octanol–water partition coefficient (Wildman–Crippen LogP) is 0.649. The van der Waals surface area contributed by atoms with Crippen LogP contribution in [0.3, 0.4) is 0 Å². The maximum Gasteiger partial charge on any atom is 0.328 e. The summed E-state index contributed by atoms with van der Waals surface area (Å²) in [6.45, 7) is 2.97. The van der Waals surface area contributed by atoms with Crippen molar-refractivity contribution in [2.45, 2.75) is 26.0 Å². The molecule has 1 aromatic carbocycles. The normalized spacial score (nSPS) is 12.0. The number of hydrogen-bond donors (Lipinski definition) is 3. The Kier molecular flexibility index (Phi) is 5.32. The second kappa shape index (κ2) is 6.75. The largest absolute Gasteiger partial charge is 0.490 e. The Hall–Kier alpha value is -2.08. The number of para-hydroxylation sites is 1. The molecular formula is C13H17NO5. The number of aliphatic carboxylic acids is 1. The fourth-order valence-corrected chi connectivity index (χ4v) is 1.43. The van der Waals surface area contributed by atoms with Gasteiger partial charge in [0, 0.05) is 0 Å². The Bertz CT molecular complexity index is 458. The molecule has 0 bridgehead atoms. The fraction of sp³-hybridized carbons (Fsp3) is 0.385. The van der Waals surface area contributed by atoms with Crippen LogP contribution < -0.4 is 10.1 Å². The van der Waals surface area contributed by atoms with E-state index in [1.54, 1.807) is 18.2 Å². The lowest BCUT2D eigenvalue weighted by Gasteiger charge is -2.16. The standard InChI is InChI=1S/C13H17NO5/c1-8(2)19-11-6-4-3-5-9(11)12(16)14-10(7-15)13(17)18/h3-6,8,10,15H,7H2,1-2H3,(H,14,16)(H,17,18)/t10-/m0/s1. The molecule has 0 saturated carbocycles. The zero-order chi connectivity index (χ0) is 14.4. The highest BCUT2D eigenvalue weighted by molar-refractivity contribution is 5.98. The van der Waals surface area contributed by atoms with Gasteiger partial charge in [-0.3, -0.25) is 4.79 Å². The van der Waals surface area contributed by atoms with E-state index in [0.29, 0.717) is 5.75 Å². The summed E-state index contributed by atoms with van der Waals surface area (Å²) >= 11 is 0. The van der Waals surface area contributed by atoms with Gasteiger partial charge < -0.3 is 20.3 Å². The van der Waals surface area contributed by atoms with E-state index in [9.17, 15) is 9.59 Å². The van der Waals surface area contributed by atoms with Gasteiger partial charge in [0.05, 0.1) is 18.3 Å². The number of aliphatic hydroxyl groups excluding tert-OH is 1. The molecule has 6 heteroatoms. The quantitative estimate of drug-likeness (QED) is 0.703. The number of amides is 1. The van der Waals surface area contributed by atoms with Crippen molar-refractivity contribution in [2.24, 2.45) is 0 Å². The number of carbonyl (C=O) groups is 2. The summed E-state index contributed by atoms with van der Waals surface area (Å²) in [5.74, 6) is -1.52. The maximum absolute atomic E-state index is 12.0. The first-order chi connectivity index (χ1) is 8.95. The lowest BCUT2D eigenvalue weighted by atomic mass is 10.1. The fourth-order valence-electron chi connectivity index (χ4n) is 1.43. The Morgan fingerprint density at radius 3 is 2.47 bits per heavy atom. The molecule has 0 aliphatic rings. The van der Waals surface area contributed by atoms with Gasteiger partial charge in [0.25, 0.3) is 5.91 Å².